The maximum atomic E-state index is 12.8. The van der Waals surface area contributed by atoms with E-state index in [1.165, 1.54) is 18.2 Å². The summed E-state index contributed by atoms with van der Waals surface area (Å²) >= 11 is 0. The molecule has 0 unspecified atom stereocenters. The zero-order chi connectivity index (χ0) is 18.8. The SMILES string of the molecule is CON(c1ccc([N+](=O)[O-])cc1[N+](=O)[O-])S(=O)(=O)c1cccc(C)c1. The summed E-state index contributed by atoms with van der Waals surface area (Å²) in [5.74, 6) is 0. The van der Waals surface area contributed by atoms with Gasteiger partial charge in [0.2, 0.25) is 0 Å². The Bertz CT molecular complexity index is 943. The maximum absolute atomic E-state index is 12.8. The Morgan fingerprint density at radius 3 is 2.24 bits per heavy atom. The van der Waals surface area contributed by atoms with E-state index >= 15 is 0 Å². The number of anilines is 1. The summed E-state index contributed by atoms with van der Waals surface area (Å²) in [7, 11) is -3.25. The highest BCUT2D eigenvalue weighted by atomic mass is 32.2. The highest BCUT2D eigenvalue weighted by Crippen LogP contribution is 2.35. The number of benzene rings is 2. The molecule has 0 N–H and O–H groups in total. The molecule has 0 aromatic heterocycles. The van der Waals surface area contributed by atoms with E-state index in [0.29, 0.717) is 16.1 Å². The van der Waals surface area contributed by atoms with Crippen molar-refractivity contribution in [2.75, 3.05) is 11.6 Å². The summed E-state index contributed by atoms with van der Waals surface area (Å²) in [6.07, 6.45) is 0. The molecule has 0 aliphatic carbocycles. The number of nitro groups is 2. The monoisotopic (exact) mass is 367 g/mol. The summed E-state index contributed by atoms with van der Waals surface area (Å²) in [5, 5.41) is 22.0. The Labute approximate surface area is 142 Å². The van der Waals surface area contributed by atoms with E-state index in [1.54, 1.807) is 13.0 Å². The second-order valence-corrected chi connectivity index (χ2v) is 6.67. The van der Waals surface area contributed by atoms with Gasteiger partial charge in [0.05, 0.1) is 27.9 Å². The Kier molecular flexibility index (Phi) is 4.99. The van der Waals surface area contributed by atoms with Gasteiger partial charge in [-0.05, 0) is 30.7 Å². The second kappa shape index (κ2) is 6.83. The van der Waals surface area contributed by atoms with Crippen LogP contribution in [0.4, 0.5) is 17.1 Å². The zero-order valence-electron chi connectivity index (χ0n) is 13.1. The summed E-state index contributed by atoms with van der Waals surface area (Å²) in [5.41, 5.74) is -1.10. The topological polar surface area (TPSA) is 133 Å². The van der Waals surface area contributed by atoms with Crippen molar-refractivity contribution in [3.05, 3.63) is 68.3 Å². The first-order valence-electron chi connectivity index (χ1n) is 6.77. The molecule has 2 rings (SSSR count). The fourth-order valence-corrected chi connectivity index (χ4v) is 3.51. The fraction of sp³-hybridized carbons (Fsp3) is 0.143. The van der Waals surface area contributed by atoms with Crippen LogP contribution in [0.25, 0.3) is 0 Å². The van der Waals surface area contributed by atoms with Crippen molar-refractivity contribution in [3.63, 3.8) is 0 Å². The van der Waals surface area contributed by atoms with Crippen LogP contribution in [-0.4, -0.2) is 25.4 Å². The molecular weight excluding hydrogens is 354 g/mol. The van der Waals surface area contributed by atoms with Gasteiger partial charge in [0, 0.05) is 6.07 Å². The van der Waals surface area contributed by atoms with Crippen LogP contribution < -0.4 is 4.47 Å². The van der Waals surface area contributed by atoms with Crippen molar-refractivity contribution in [2.45, 2.75) is 11.8 Å². The van der Waals surface area contributed by atoms with Gasteiger partial charge < -0.3 is 0 Å². The molecule has 0 bridgehead atoms. The summed E-state index contributed by atoms with van der Waals surface area (Å²) in [4.78, 5) is 25.0. The number of sulfonamides is 1. The maximum Gasteiger partial charge on any atom is 0.303 e. The van der Waals surface area contributed by atoms with Gasteiger partial charge in [0.1, 0.15) is 0 Å². The van der Waals surface area contributed by atoms with E-state index in [2.05, 4.69) is 0 Å². The van der Waals surface area contributed by atoms with Gasteiger partial charge in [-0.15, -0.1) is 4.47 Å². The predicted molar refractivity (Wildman–Crippen MR) is 87.6 cm³/mol. The molecule has 2 aromatic carbocycles. The van der Waals surface area contributed by atoms with Crippen LogP contribution in [0.15, 0.2) is 47.4 Å². The van der Waals surface area contributed by atoms with Crippen LogP contribution in [0.5, 0.6) is 0 Å². The van der Waals surface area contributed by atoms with Crippen LogP contribution in [0.3, 0.4) is 0 Å². The van der Waals surface area contributed by atoms with Crippen molar-refractivity contribution in [2.24, 2.45) is 0 Å². The minimum Gasteiger partial charge on any atom is -0.262 e. The third kappa shape index (κ3) is 3.56. The van der Waals surface area contributed by atoms with Gasteiger partial charge in [-0.3, -0.25) is 25.1 Å². The molecule has 0 amide bonds. The van der Waals surface area contributed by atoms with Crippen LogP contribution in [0, 0.1) is 27.2 Å². The molecule has 11 heteroatoms. The third-order valence-electron chi connectivity index (χ3n) is 3.23. The lowest BCUT2D eigenvalue weighted by molar-refractivity contribution is -0.393. The summed E-state index contributed by atoms with van der Waals surface area (Å²) < 4.78 is 25.9. The van der Waals surface area contributed by atoms with Crippen molar-refractivity contribution in [1.29, 1.82) is 0 Å². The normalized spacial score (nSPS) is 11.1. The second-order valence-electron chi connectivity index (χ2n) is 4.92. The van der Waals surface area contributed by atoms with E-state index in [9.17, 15) is 28.6 Å². The van der Waals surface area contributed by atoms with E-state index in [0.717, 1.165) is 19.2 Å². The Balaban J connectivity index is 2.65. The molecule has 0 atom stereocenters. The molecule has 10 nitrogen and oxygen atoms in total. The molecule has 0 aliphatic heterocycles. The average Bonchev–Trinajstić information content (AvgIpc) is 2.55. The zero-order valence-corrected chi connectivity index (χ0v) is 14.0. The average molecular weight is 367 g/mol. The third-order valence-corrected chi connectivity index (χ3v) is 4.87. The molecule has 0 aliphatic rings. The highest BCUT2D eigenvalue weighted by Gasteiger charge is 2.32. The molecular formula is C14H13N3O7S. The van der Waals surface area contributed by atoms with Crippen LogP contribution in [0.1, 0.15) is 5.56 Å². The fourth-order valence-electron chi connectivity index (χ4n) is 2.12. The largest absolute Gasteiger partial charge is 0.303 e. The molecule has 132 valence electrons. The first kappa shape index (κ1) is 18.3. The van der Waals surface area contributed by atoms with Crippen molar-refractivity contribution in [1.82, 2.24) is 0 Å². The minimum atomic E-state index is -4.28. The summed E-state index contributed by atoms with van der Waals surface area (Å²) in [6, 6.07) is 8.47. The van der Waals surface area contributed by atoms with Crippen molar-refractivity contribution < 1.29 is 23.1 Å². The van der Waals surface area contributed by atoms with Crippen LogP contribution >= 0.6 is 0 Å². The smallest absolute Gasteiger partial charge is 0.262 e. The number of rotatable bonds is 6. The number of nitrogens with zero attached hydrogens (tertiary/aromatic N) is 3. The van der Waals surface area contributed by atoms with Crippen molar-refractivity contribution in [3.8, 4) is 0 Å². The van der Waals surface area contributed by atoms with Crippen molar-refractivity contribution >= 4 is 27.1 Å². The molecule has 0 saturated heterocycles. The minimum absolute atomic E-state index is 0.137. The number of aryl methyl sites for hydroxylation is 1. The molecule has 2 aromatic rings. The predicted octanol–water partition coefficient (Wildman–Crippen LogP) is 2.57. The number of nitro benzene ring substituents is 2. The standard InChI is InChI=1S/C14H13N3O7S/c1-10-4-3-5-12(8-10)25(22,23)17(24-2)13-7-6-11(15(18)19)9-14(13)16(20)21/h3-9H,1-2H3. The van der Waals surface area contributed by atoms with E-state index < -0.39 is 36.9 Å². The van der Waals surface area contributed by atoms with E-state index in [4.69, 9.17) is 4.84 Å². The molecule has 0 heterocycles. The number of hydrogen-bond acceptors (Lipinski definition) is 7. The van der Waals surface area contributed by atoms with Crippen LogP contribution in [-0.2, 0) is 14.9 Å². The van der Waals surface area contributed by atoms with Crippen LogP contribution in [0.2, 0.25) is 0 Å². The Morgan fingerprint density at radius 1 is 1.04 bits per heavy atom. The molecule has 0 radical (unpaired) electrons. The van der Waals surface area contributed by atoms with E-state index in [-0.39, 0.29) is 4.90 Å². The first-order chi connectivity index (χ1) is 11.7. The first-order valence-corrected chi connectivity index (χ1v) is 8.21. The highest BCUT2D eigenvalue weighted by molar-refractivity contribution is 7.92. The Hall–Kier alpha value is -3.05. The lowest BCUT2D eigenvalue weighted by Gasteiger charge is -2.21. The van der Waals surface area contributed by atoms with Gasteiger partial charge in [0.15, 0.2) is 5.69 Å². The van der Waals surface area contributed by atoms with E-state index in [1.807, 2.05) is 0 Å². The molecule has 25 heavy (non-hydrogen) atoms. The molecule has 0 saturated carbocycles. The van der Waals surface area contributed by atoms with Gasteiger partial charge in [-0.2, -0.15) is 8.42 Å². The van der Waals surface area contributed by atoms with Gasteiger partial charge in [-0.25, -0.2) is 0 Å². The molecule has 0 fully saturated rings. The number of hydrogen-bond donors (Lipinski definition) is 0. The number of non-ortho nitro benzene ring substituents is 1. The van der Waals surface area contributed by atoms with Gasteiger partial charge in [-0.1, -0.05) is 12.1 Å². The Morgan fingerprint density at radius 2 is 1.72 bits per heavy atom. The summed E-state index contributed by atoms with van der Waals surface area (Å²) in [6.45, 7) is 1.69. The quantitative estimate of drug-likeness (QED) is 0.566. The molecule has 0 spiro atoms. The van der Waals surface area contributed by atoms with Gasteiger partial charge in [0.25, 0.3) is 15.7 Å². The lowest BCUT2D eigenvalue weighted by atomic mass is 10.2. The van der Waals surface area contributed by atoms with Gasteiger partial charge >= 0.3 is 5.69 Å². The lowest BCUT2D eigenvalue weighted by Crippen LogP contribution is -2.30.